The van der Waals surface area contributed by atoms with Crippen LogP contribution >= 0.6 is 0 Å². The number of esters is 1. The van der Waals surface area contributed by atoms with Crippen LogP contribution in [0.15, 0.2) is 40.5 Å². The fourth-order valence-electron chi connectivity index (χ4n) is 3.30. The summed E-state index contributed by atoms with van der Waals surface area (Å²) in [6.07, 6.45) is -0.337. The average Bonchev–Trinajstić information content (AvgIpc) is 2.52. The lowest BCUT2D eigenvalue weighted by molar-refractivity contribution is -0.384. The average molecular weight is 358 g/mol. The fraction of sp³-hybridized carbons (Fsp3) is 0.421. The molecule has 2 unspecified atom stereocenters. The van der Waals surface area contributed by atoms with Crippen LogP contribution in [0.5, 0.6) is 0 Å². The molecule has 2 atom stereocenters. The number of nitro groups is 1. The van der Waals surface area contributed by atoms with Gasteiger partial charge in [0.2, 0.25) is 0 Å². The van der Waals surface area contributed by atoms with E-state index in [4.69, 9.17) is 4.74 Å². The molecule has 0 saturated carbocycles. The minimum atomic E-state index is -0.671. The third-order valence-corrected chi connectivity index (χ3v) is 4.27. The zero-order valence-corrected chi connectivity index (χ0v) is 15.5. The molecule has 2 rings (SSSR count). The number of ketones is 1. The molecule has 0 aliphatic carbocycles. The molecule has 0 radical (unpaired) electrons. The van der Waals surface area contributed by atoms with Crippen LogP contribution in [0, 0.1) is 16.0 Å². The summed E-state index contributed by atoms with van der Waals surface area (Å²) in [5, 5.41) is 11.2. The molecule has 0 saturated heterocycles. The van der Waals surface area contributed by atoms with Crippen LogP contribution in [0.4, 0.5) is 5.69 Å². The summed E-state index contributed by atoms with van der Waals surface area (Å²) < 4.78 is 5.34. The number of non-ortho nitro benzene ring substituents is 1. The molecule has 7 nitrogen and oxygen atoms in total. The van der Waals surface area contributed by atoms with Crippen molar-refractivity contribution in [3.05, 3.63) is 51.2 Å². The second kappa shape index (κ2) is 7.59. The van der Waals surface area contributed by atoms with E-state index in [1.54, 1.807) is 39.8 Å². The molecule has 0 N–H and O–H groups in total. The van der Waals surface area contributed by atoms with Crippen molar-refractivity contribution in [3.8, 4) is 0 Å². The maximum Gasteiger partial charge on any atom is 0.336 e. The minimum Gasteiger partial charge on any atom is -0.460 e. The summed E-state index contributed by atoms with van der Waals surface area (Å²) in [5.41, 5.74) is 1.72. The van der Waals surface area contributed by atoms with Gasteiger partial charge in [-0.1, -0.05) is 12.1 Å². The van der Waals surface area contributed by atoms with Crippen molar-refractivity contribution in [1.29, 1.82) is 0 Å². The van der Waals surface area contributed by atoms with Crippen LogP contribution in [-0.4, -0.2) is 28.5 Å². The second-order valence-electron chi connectivity index (χ2n) is 6.62. The topological polar surface area (TPSA) is 98.9 Å². The number of aliphatic imine (C=N–C) groups is 1. The molecule has 1 heterocycles. The summed E-state index contributed by atoms with van der Waals surface area (Å²) in [5.74, 6) is -2.06. The quantitative estimate of drug-likeness (QED) is 0.455. The van der Waals surface area contributed by atoms with E-state index >= 15 is 0 Å². The van der Waals surface area contributed by atoms with Gasteiger partial charge in [-0.2, -0.15) is 0 Å². The Kier molecular flexibility index (Phi) is 5.69. The largest absolute Gasteiger partial charge is 0.460 e. The van der Waals surface area contributed by atoms with Crippen molar-refractivity contribution in [2.45, 2.75) is 46.6 Å². The lowest BCUT2D eigenvalue weighted by atomic mass is 9.74. The van der Waals surface area contributed by atoms with E-state index in [2.05, 4.69) is 4.99 Å². The first kappa shape index (κ1) is 19.5. The number of allylic oxidation sites excluding steroid dienone is 1. The second-order valence-corrected chi connectivity index (χ2v) is 6.62. The zero-order valence-electron chi connectivity index (χ0n) is 15.5. The van der Waals surface area contributed by atoms with Gasteiger partial charge in [-0.25, -0.2) is 4.79 Å². The molecule has 0 aromatic heterocycles. The highest BCUT2D eigenvalue weighted by Gasteiger charge is 2.40. The molecule has 0 spiro atoms. The number of hydrogen-bond acceptors (Lipinski definition) is 6. The molecule has 1 aliphatic rings. The molecule has 0 fully saturated rings. The van der Waals surface area contributed by atoms with Crippen LogP contribution in [0.2, 0.25) is 0 Å². The van der Waals surface area contributed by atoms with Gasteiger partial charge in [0.05, 0.1) is 22.5 Å². The molecular weight excluding hydrogens is 336 g/mol. The van der Waals surface area contributed by atoms with E-state index in [1.165, 1.54) is 19.1 Å². The predicted octanol–water partition coefficient (Wildman–Crippen LogP) is 3.58. The van der Waals surface area contributed by atoms with Crippen molar-refractivity contribution >= 4 is 23.2 Å². The minimum absolute atomic E-state index is 0.0980. The van der Waals surface area contributed by atoms with Crippen molar-refractivity contribution in [2.75, 3.05) is 0 Å². The van der Waals surface area contributed by atoms with Gasteiger partial charge in [-0.3, -0.25) is 19.9 Å². The van der Waals surface area contributed by atoms with E-state index in [1.807, 2.05) is 0 Å². The van der Waals surface area contributed by atoms with Gasteiger partial charge < -0.3 is 4.74 Å². The number of nitrogens with zero attached hydrogens (tertiary/aromatic N) is 2. The summed E-state index contributed by atoms with van der Waals surface area (Å²) in [4.78, 5) is 40.0. The standard InChI is InChI=1S/C19H22N2O5/c1-10(2)26-19(23)17-12(4)20-11(3)16(13(5)22)18(17)14-7-6-8-15(9-14)21(24)25/h6-10,16,18H,1-5H3. The summed E-state index contributed by atoms with van der Waals surface area (Å²) in [7, 11) is 0. The molecule has 1 aliphatic heterocycles. The monoisotopic (exact) mass is 358 g/mol. The number of ether oxygens (including phenoxy) is 1. The number of carbonyl (C=O) groups excluding carboxylic acids is 2. The molecule has 0 bridgehead atoms. The van der Waals surface area contributed by atoms with Gasteiger partial charge >= 0.3 is 5.97 Å². The van der Waals surface area contributed by atoms with Crippen LogP contribution in [0.25, 0.3) is 0 Å². The Bertz CT molecular complexity index is 823. The Morgan fingerprint density at radius 3 is 2.46 bits per heavy atom. The van der Waals surface area contributed by atoms with Gasteiger partial charge in [0.1, 0.15) is 5.78 Å². The highest BCUT2D eigenvalue weighted by atomic mass is 16.6. The fourth-order valence-corrected chi connectivity index (χ4v) is 3.30. The van der Waals surface area contributed by atoms with Gasteiger partial charge in [0.25, 0.3) is 5.69 Å². The first-order valence-electron chi connectivity index (χ1n) is 8.35. The predicted molar refractivity (Wildman–Crippen MR) is 97.0 cm³/mol. The van der Waals surface area contributed by atoms with Gasteiger partial charge in [-0.15, -0.1) is 0 Å². The maximum absolute atomic E-state index is 12.7. The first-order valence-corrected chi connectivity index (χ1v) is 8.35. The summed E-state index contributed by atoms with van der Waals surface area (Å²) >= 11 is 0. The number of Topliss-reactive ketones (excluding diaryl/α,β-unsaturated/α-hetero) is 1. The van der Waals surface area contributed by atoms with Gasteiger partial charge in [0, 0.05) is 29.5 Å². The van der Waals surface area contributed by atoms with E-state index in [-0.39, 0.29) is 23.1 Å². The molecule has 0 amide bonds. The Balaban J connectivity index is 2.66. The van der Waals surface area contributed by atoms with Crippen LogP contribution in [0.1, 0.15) is 46.1 Å². The van der Waals surface area contributed by atoms with Crippen LogP contribution < -0.4 is 0 Å². The van der Waals surface area contributed by atoms with Crippen LogP contribution in [-0.2, 0) is 14.3 Å². The van der Waals surface area contributed by atoms with E-state index in [0.29, 0.717) is 17.0 Å². The Labute approximate surface area is 151 Å². The highest BCUT2D eigenvalue weighted by molar-refractivity contribution is 6.08. The number of carbonyl (C=O) groups is 2. The van der Waals surface area contributed by atoms with Crippen molar-refractivity contribution in [3.63, 3.8) is 0 Å². The van der Waals surface area contributed by atoms with Crippen molar-refractivity contribution in [2.24, 2.45) is 10.9 Å². The third kappa shape index (κ3) is 3.87. The molecule has 138 valence electrons. The summed E-state index contributed by atoms with van der Waals surface area (Å²) in [6, 6.07) is 6.00. The SMILES string of the molecule is CC(=O)C1C(C)=NC(C)=C(C(=O)OC(C)C)C1c1cccc([N+](=O)[O-])c1. The molecule has 26 heavy (non-hydrogen) atoms. The molecule has 7 heteroatoms. The Morgan fingerprint density at radius 1 is 1.27 bits per heavy atom. The maximum atomic E-state index is 12.7. The number of benzene rings is 1. The Morgan fingerprint density at radius 2 is 1.92 bits per heavy atom. The number of rotatable bonds is 5. The normalized spacial score (nSPS) is 20.0. The Hall–Kier alpha value is -2.83. The van der Waals surface area contributed by atoms with Crippen molar-refractivity contribution in [1.82, 2.24) is 0 Å². The molecule has 1 aromatic carbocycles. The van der Waals surface area contributed by atoms with E-state index in [9.17, 15) is 19.7 Å². The highest BCUT2D eigenvalue weighted by Crippen LogP contribution is 2.40. The lowest BCUT2D eigenvalue weighted by Crippen LogP contribution is -2.35. The number of hydrogen-bond donors (Lipinski definition) is 0. The van der Waals surface area contributed by atoms with E-state index in [0.717, 1.165) is 0 Å². The van der Waals surface area contributed by atoms with Crippen molar-refractivity contribution < 1.29 is 19.2 Å². The smallest absolute Gasteiger partial charge is 0.336 e. The number of nitro benzene ring substituents is 1. The lowest BCUT2D eigenvalue weighted by Gasteiger charge is -2.31. The zero-order chi connectivity index (χ0) is 19.6. The van der Waals surface area contributed by atoms with E-state index < -0.39 is 22.7 Å². The first-order chi connectivity index (χ1) is 12.1. The molecule has 1 aromatic rings. The third-order valence-electron chi connectivity index (χ3n) is 4.27. The summed E-state index contributed by atoms with van der Waals surface area (Å²) in [6.45, 7) is 8.30. The van der Waals surface area contributed by atoms with Gasteiger partial charge in [-0.05, 0) is 40.2 Å². The van der Waals surface area contributed by atoms with Gasteiger partial charge in [0.15, 0.2) is 0 Å². The molecular formula is C19H22N2O5. The van der Waals surface area contributed by atoms with Crippen LogP contribution in [0.3, 0.4) is 0 Å².